The van der Waals surface area contributed by atoms with E-state index in [2.05, 4.69) is 13.8 Å². The Morgan fingerprint density at radius 2 is 1.73 bits per heavy atom. The molecule has 68 valence electrons. The summed E-state index contributed by atoms with van der Waals surface area (Å²) in [6, 6.07) is 0. The molecule has 0 aliphatic carbocycles. The number of epoxide rings is 1. The summed E-state index contributed by atoms with van der Waals surface area (Å²) in [4.78, 5) is 0. The first-order valence-corrected chi connectivity index (χ1v) is 3.71. The second-order valence-corrected chi connectivity index (χ2v) is 3.93. The van der Waals surface area contributed by atoms with E-state index in [-0.39, 0.29) is 5.60 Å². The molecule has 2 nitrogen and oxygen atoms in total. The predicted molar refractivity (Wildman–Crippen MR) is 42.3 cm³/mol. The van der Waals surface area contributed by atoms with E-state index in [1.54, 1.807) is 0 Å². The molecule has 0 amide bonds. The van der Waals surface area contributed by atoms with Crippen LogP contribution >= 0.6 is 0 Å². The molecule has 0 bridgehead atoms. The van der Waals surface area contributed by atoms with Gasteiger partial charge >= 0.3 is 0 Å². The summed E-state index contributed by atoms with van der Waals surface area (Å²) in [7, 11) is 0. The van der Waals surface area contributed by atoms with Gasteiger partial charge in [-0.05, 0) is 27.7 Å². The molecule has 1 N–H and O–H groups in total. The second-order valence-electron chi connectivity index (χ2n) is 3.93. The quantitative estimate of drug-likeness (QED) is 0.596. The van der Waals surface area contributed by atoms with Crippen molar-refractivity contribution in [2.75, 3.05) is 13.2 Å². The number of hydrogen-bond donors (Lipinski definition) is 1. The van der Waals surface area contributed by atoms with Gasteiger partial charge in [-0.3, -0.25) is 0 Å². The highest BCUT2D eigenvalue weighted by molar-refractivity contribution is 4.79. The van der Waals surface area contributed by atoms with E-state index in [0.717, 1.165) is 6.61 Å². The van der Waals surface area contributed by atoms with E-state index in [1.165, 1.54) is 13.8 Å². The largest absolute Gasteiger partial charge is 0.393 e. The van der Waals surface area contributed by atoms with Gasteiger partial charge in [0.15, 0.2) is 0 Å². The molecule has 11 heavy (non-hydrogen) atoms. The molecule has 0 atom stereocenters. The summed E-state index contributed by atoms with van der Waals surface area (Å²) in [5, 5.41) is 8.03. The molecule has 1 rings (SSSR count). The van der Waals surface area contributed by atoms with Crippen LogP contribution in [-0.4, -0.2) is 29.6 Å². The molecule has 1 heterocycles. The maximum atomic E-state index is 11.9. The normalized spacial score (nSPS) is 20.2. The van der Waals surface area contributed by atoms with Crippen molar-refractivity contribution in [1.82, 2.24) is 0 Å². The number of halogens is 1. The van der Waals surface area contributed by atoms with Crippen molar-refractivity contribution in [3.63, 3.8) is 0 Å². The smallest absolute Gasteiger partial charge is 0.128 e. The van der Waals surface area contributed by atoms with Crippen molar-refractivity contribution in [1.29, 1.82) is 0 Å². The molecular weight excluding hydrogens is 147 g/mol. The summed E-state index contributed by atoms with van der Waals surface area (Å²) in [5.74, 6) is 0. The molecule has 1 aliphatic heterocycles. The van der Waals surface area contributed by atoms with Crippen LogP contribution in [0.1, 0.15) is 27.7 Å². The van der Waals surface area contributed by atoms with Crippen LogP contribution in [0.2, 0.25) is 0 Å². The first-order chi connectivity index (χ1) is 4.77. The van der Waals surface area contributed by atoms with E-state index >= 15 is 0 Å². The fraction of sp³-hybridized carbons (Fsp3) is 1.00. The Kier molecular flexibility index (Phi) is 3.45. The number of aliphatic hydroxyl groups excluding tert-OH is 1. The molecular formula is C8H17FO2. The molecule has 3 heteroatoms. The molecule has 1 aliphatic rings. The summed E-state index contributed by atoms with van der Waals surface area (Å²) >= 11 is 0. The van der Waals surface area contributed by atoms with Crippen molar-refractivity contribution in [3.8, 4) is 0 Å². The number of alkyl halides is 1. The van der Waals surface area contributed by atoms with Gasteiger partial charge < -0.3 is 9.84 Å². The van der Waals surface area contributed by atoms with Gasteiger partial charge in [-0.25, -0.2) is 4.39 Å². The van der Waals surface area contributed by atoms with Gasteiger partial charge in [0.05, 0.1) is 18.8 Å². The van der Waals surface area contributed by atoms with E-state index in [4.69, 9.17) is 9.84 Å². The molecule has 0 aromatic rings. The van der Waals surface area contributed by atoms with Crippen molar-refractivity contribution in [3.05, 3.63) is 0 Å². The Hall–Kier alpha value is -0.150. The van der Waals surface area contributed by atoms with Crippen LogP contribution in [0.3, 0.4) is 0 Å². The minimum absolute atomic E-state index is 0.250. The topological polar surface area (TPSA) is 32.8 Å². The Morgan fingerprint density at radius 3 is 1.73 bits per heavy atom. The molecule has 0 aromatic heterocycles. The molecule has 0 saturated carbocycles. The number of ether oxygens (including phenoxy) is 1. The van der Waals surface area contributed by atoms with Crippen molar-refractivity contribution in [2.24, 2.45) is 0 Å². The van der Waals surface area contributed by atoms with Crippen LogP contribution < -0.4 is 0 Å². The van der Waals surface area contributed by atoms with Gasteiger partial charge in [0.1, 0.15) is 5.67 Å². The lowest BCUT2D eigenvalue weighted by Crippen LogP contribution is -2.16. The summed E-state index contributed by atoms with van der Waals surface area (Å²) < 4.78 is 16.8. The SMILES string of the molecule is CC(C)(F)CO.CC1(C)CO1. The van der Waals surface area contributed by atoms with Crippen LogP contribution in [0, 0.1) is 0 Å². The third-order valence-electron chi connectivity index (χ3n) is 1.10. The standard InChI is InChI=1S/C4H9FO.C4H8O/c1-4(2,5)3-6;1-4(2)3-5-4/h6H,3H2,1-2H3;3H2,1-2H3. The summed E-state index contributed by atoms with van der Waals surface area (Å²) in [6.07, 6.45) is 0. The highest BCUT2D eigenvalue weighted by atomic mass is 19.1. The number of hydrogen-bond acceptors (Lipinski definition) is 2. The lowest BCUT2D eigenvalue weighted by Gasteiger charge is -2.06. The Labute approximate surface area is 67.4 Å². The van der Waals surface area contributed by atoms with E-state index in [9.17, 15) is 4.39 Å². The fourth-order valence-corrected chi connectivity index (χ4v) is 0.144. The average molecular weight is 164 g/mol. The zero-order chi connectivity index (χ0) is 9.12. The average Bonchev–Trinajstić information content (AvgIpc) is 2.46. The zero-order valence-electron chi connectivity index (χ0n) is 7.65. The fourth-order valence-electron chi connectivity index (χ4n) is 0.144. The van der Waals surface area contributed by atoms with Crippen LogP contribution in [0.15, 0.2) is 0 Å². The highest BCUT2D eigenvalue weighted by Crippen LogP contribution is 2.23. The Bertz CT molecular complexity index is 110. The van der Waals surface area contributed by atoms with Gasteiger partial charge in [-0.15, -0.1) is 0 Å². The molecule has 0 aromatic carbocycles. The maximum absolute atomic E-state index is 11.9. The third-order valence-corrected chi connectivity index (χ3v) is 1.10. The summed E-state index contributed by atoms with van der Waals surface area (Å²) in [6.45, 7) is 7.36. The van der Waals surface area contributed by atoms with Crippen LogP contribution in [0.25, 0.3) is 0 Å². The van der Waals surface area contributed by atoms with Gasteiger partial charge in [0, 0.05) is 0 Å². The first kappa shape index (κ1) is 10.8. The van der Waals surface area contributed by atoms with Crippen LogP contribution in [0.4, 0.5) is 4.39 Å². The van der Waals surface area contributed by atoms with Gasteiger partial charge in [-0.2, -0.15) is 0 Å². The van der Waals surface area contributed by atoms with Gasteiger partial charge in [0.2, 0.25) is 0 Å². The molecule has 1 saturated heterocycles. The monoisotopic (exact) mass is 164 g/mol. The highest BCUT2D eigenvalue weighted by Gasteiger charge is 2.32. The minimum atomic E-state index is -1.40. The van der Waals surface area contributed by atoms with Gasteiger partial charge in [0.25, 0.3) is 0 Å². The lowest BCUT2D eigenvalue weighted by atomic mass is 10.2. The molecule has 0 unspecified atom stereocenters. The van der Waals surface area contributed by atoms with E-state index in [0.29, 0.717) is 0 Å². The van der Waals surface area contributed by atoms with Crippen molar-refractivity contribution in [2.45, 2.75) is 39.0 Å². The van der Waals surface area contributed by atoms with E-state index < -0.39 is 12.3 Å². The third kappa shape index (κ3) is 9.85. The zero-order valence-corrected chi connectivity index (χ0v) is 7.65. The van der Waals surface area contributed by atoms with Crippen molar-refractivity contribution < 1.29 is 14.2 Å². The van der Waals surface area contributed by atoms with Crippen molar-refractivity contribution >= 4 is 0 Å². The lowest BCUT2D eigenvalue weighted by molar-refractivity contribution is 0.106. The summed E-state index contributed by atoms with van der Waals surface area (Å²) in [5.41, 5.74) is -1.15. The van der Waals surface area contributed by atoms with Crippen LogP contribution in [-0.2, 0) is 4.74 Å². The Balaban J connectivity index is 0.000000183. The predicted octanol–water partition coefficient (Wildman–Crippen LogP) is 1.52. The van der Waals surface area contributed by atoms with E-state index in [1.807, 2.05) is 0 Å². The van der Waals surface area contributed by atoms with Crippen LogP contribution in [0.5, 0.6) is 0 Å². The number of aliphatic hydroxyl groups is 1. The molecule has 0 radical (unpaired) electrons. The molecule has 0 spiro atoms. The minimum Gasteiger partial charge on any atom is -0.393 e. The maximum Gasteiger partial charge on any atom is 0.128 e. The first-order valence-electron chi connectivity index (χ1n) is 3.71. The van der Waals surface area contributed by atoms with Gasteiger partial charge in [-0.1, -0.05) is 0 Å². The Morgan fingerprint density at radius 1 is 1.55 bits per heavy atom. The number of rotatable bonds is 1. The molecule has 1 fully saturated rings. The second kappa shape index (κ2) is 3.50.